The molecule has 0 bridgehead atoms. The normalized spacial score (nSPS) is 10.8. The Morgan fingerprint density at radius 2 is 1.55 bits per heavy atom. The number of nitrogens with one attached hydrogen (secondary N) is 1. The second-order valence-corrected chi connectivity index (χ2v) is 4.21. The number of unbranched alkanes of at least 4 members (excludes halogenated alkanes) is 1. The first kappa shape index (κ1) is 18.4. The third-order valence-corrected chi connectivity index (χ3v) is 2.60. The Bertz CT molecular complexity index is 324. The fraction of sp³-hybridized carbons (Fsp3) is 0.769. The topological polar surface area (TPSA) is 102 Å². The smallest absolute Gasteiger partial charge is 0.343 e. The summed E-state index contributed by atoms with van der Waals surface area (Å²) >= 11 is 0. The average Bonchev–Trinajstić information content (AvgIpc) is 2.37. The summed E-state index contributed by atoms with van der Waals surface area (Å²) in [4.78, 5) is 35.6. The van der Waals surface area contributed by atoms with Crippen molar-refractivity contribution in [3.63, 3.8) is 0 Å². The maximum Gasteiger partial charge on any atom is 0.343 e. The maximum atomic E-state index is 12.1. The molecular formula is C13H23NO6. The van der Waals surface area contributed by atoms with E-state index in [4.69, 9.17) is 14.6 Å². The SMILES string of the molecule is CCOC(=O)C(CCCCO)(NC(C)=O)C(=O)OCC. The molecule has 0 aliphatic heterocycles. The average molecular weight is 289 g/mol. The summed E-state index contributed by atoms with van der Waals surface area (Å²) in [5.74, 6) is -2.21. The molecule has 0 radical (unpaired) electrons. The quantitative estimate of drug-likeness (QED) is 0.356. The van der Waals surface area contributed by atoms with Gasteiger partial charge in [-0.15, -0.1) is 0 Å². The van der Waals surface area contributed by atoms with Gasteiger partial charge in [0.15, 0.2) is 0 Å². The van der Waals surface area contributed by atoms with Crippen LogP contribution in [0.5, 0.6) is 0 Å². The Kier molecular flexibility index (Phi) is 8.54. The van der Waals surface area contributed by atoms with Crippen LogP contribution in [-0.4, -0.2) is 48.3 Å². The minimum atomic E-state index is -1.84. The van der Waals surface area contributed by atoms with E-state index in [1.807, 2.05) is 0 Å². The van der Waals surface area contributed by atoms with Gasteiger partial charge < -0.3 is 19.9 Å². The highest BCUT2D eigenvalue weighted by molar-refractivity contribution is 6.07. The third-order valence-electron chi connectivity index (χ3n) is 2.60. The van der Waals surface area contributed by atoms with E-state index in [-0.39, 0.29) is 26.2 Å². The van der Waals surface area contributed by atoms with Crippen molar-refractivity contribution in [2.24, 2.45) is 0 Å². The van der Waals surface area contributed by atoms with Gasteiger partial charge in [0.2, 0.25) is 11.4 Å². The van der Waals surface area contributed by atoms with Crippen LogP contribution >= 0.6 is 0 Å². The van der Waals surface area contributed by atoms with Gasteiger partial charge in [-0.05, 0) is 33.1 Å². The first-order valence-electron chi connectivity index (χ1n) is 6.68. The molecule has 0 aromatic rings. The Labute approximate surface area is 118 Å². The molecule has 0 aliphatic rings. The number of amides is 1. The summed E-state index contributed by atoms with van der Waals surface area (Å²) in [7, 11) is 0. The van der Waals surface area contributed by atoms with E-state index in [0.29, 0.717) is 12.8 Å². The lowest BCUT2D eigenvalue weighted by Crippen LogP contribution is -2.61. The fourth-order valence-corrected chi connectivity index (χ4v) is 1.76. The van der Waals surface area contributed by atoms with Crippen LogP contribution in [0.3, 0.4) is 0 Å². The molecule has 116 valence electrons. The molecular weight excluding hydrogens is 266 g/mol. The molecule has 0 heterocycles. The van der Waals surface area contributed by atoms with Crippen molar-refractivity contribution in [1.82, 2.24) is 5.32 Å². The molecule has 0 rings (SSSR count). The second kappa shape index (κ2) is 9.30. The van der Waals surface area contributed by atoms with Gasteiger partial charge in [-0.2, -0.15) is 0 Å². The highest BCUT2D eigenvalue weighted by atomic mass is 16.6. The van der Waals surface area contributed by atoms with Crippen LogP contribution in [0.1, 0.15) is 40.0 Å². The highest BCUT2D eigenvalue weighted by Gasteiger charge is 2.49. The summed E-state index contributed by atoms with van der Waals surface area (Å²) < 4.78 is 9.78. The number of aliphatic hydroxyl groups excluding tert-OH is 1. The number of carbonyl (C=O) groups excluding carboxylic acids is 3. The molecule has 0 aromatic carbocycles. The van der Waals surface area contributed by atoms with E-state index >= 15 is 0 Å². The molecule has 7 nitrogen and oxygen atoms in total. The molecule has 20 heavy (non-hydrogen) atoms. The van der Waals surface area contributed by atoms with Crippen molar-refractivity contribution in [3.8, 4) is 0 Å². The summed E-state index contributed by atoms with van der Waals surface area (Å²) in [6.45, 7) is 4.52. The number of ether oxygens (including phenoxy) is 2. The zero-order valence-electron chi connectivity index (χ0n) is 12.2. The molecule has 0 saturated carbocycles. The molecule has 7 heteroatoms. The van der Waals surface area contributed by atoms with Gasteiger partial charge in [-0.1, -0.05) is 0 Å². The van der Waals surface area contributed by atoms with Crippen molar-refractivity contribution < 1.29 is 29.0 Å². The minimum absolute atomic E-state index is 0.0187. The first-order chi connectivity index (χ1) is 9.44. The van der Waals surface area contributed by atoms with Crippen LogP contribution in [0, 0.1) is 0 Å². The van der Waals surface area contributed by atoms with Crippen molar-refractivity contribution in [2.75, 3.05) is 19.8 Å². The van der Waals surface area contributed by atoms with Crippen LogP contribution in [0.2, 0.25) is 0 Å². The van der Waals surface area contributed by atoms with E-state index < -0.39 is 23.4 Å². The molecule has 0 aromatic heterocycles. The molecule has 0 spiro atoms. The Balaban J connectivity index is 5.31. The number of rotatable bonds is 9. The van der Waals surface area contributed by atoms with E-state index in [1.165, 1.54) is 6.92 Å². The molecule has 1 amide bonds. The van der Waals surface area contributed by atoms with E-state index in [0.717, 1.165) is 0 Å². The summed E-state index contributed by atoms with van der Waals surface area (Å²) in [5.41, 5.74) is -1.84. The van der Waals surface area contributed by atoms with E-state index in [9.17, 15) is 14.4 Å². The standard InChI is InChI=1S/C13H23NO6/c1-4-19-11(17)13(14-10(3)16,8-6-7-9-15)12(18)20-5-2/h15H,4-9H2,1-3H3,(H,14,16). The summed E-state index contributed by atoms with van der Waals surface area (Å²) in [5, 5.41) is 11.2. The zero-order chi connectivity index (χ0) is 15.6. The van der Waals surface area contributed by atoms with Crippen LogP contribution < -0.4 is 5.32 Å². The lowest BCUT2D eigenvalue weighted by molar-refractivity contribution is -0.168. The van der Waals surface area contributed by atoms with Gasteiger partial charge in [0, 0.05) is 13.5 Å². The number of carbonyl (C=O) groups is 3. The number of aliphatic hydroxyl groups is 1. The predicted octanol–water partition coefficient (Wildman–Crippen LogP) is 0.150. The van der Waals surface area contributed by atoms with Crippen molar-refractivity contribution in [3.05, 3.63) is 0 Å². The Morgan fingerprint density at radius 3 is 1.90 bits per heavy atom. The molecule has 0 aliphatic carbocycles. The number of hydrogen-bond donors (Lipinski definition) is 2. The van der Waals surface area contributed by atoms with Gasteiger partial charge in [-0.25, -0.2) is 9.59 Å². The zero-order valence-corrected chi connectivity index (χ0v) is 12.2. The third kappa shape index (κ3) is 5.16. The van der Waals surface area contributed by atoms with Crippen molar-refractivity contribution in [2.45, 2.75) is 45.6 Å². The van der Waals surface area contributed by atoms with E-state index in [1.54, 1.807) is 13.8 Å². The van der Waals surface area contributed by atoms with Gasteiger partial charge in [0.05, 0.1) is 13.2 Å². The summed E-state index contributed by atoms with van der Waals surface area (Å²) in [6, 6.07) is 0. The fourth-order valence-electron chi connectivity index (χ4n) is 1.76. The molecule has 2 N–H and O–H groups in total. The number of hydrogen-bond acceptors (Lipinski definition) is 6. The minimum Gasteiger partial charge on any atom is -0.464 e. The van der Waals surface area contributed by atoms with Crippen molar-refractivity contribution in [1.29, 1.82) is 0 Å². The predicted molar refractivity (Wildman–Crippen MR) is 70.8 cm³/mol. The molecule has 0 fully saturated rings. The first-order valence-corrected chi connectivity index (χ1v) is 6.68. The van der Waals surface area contributed by atoms with Crippen LogP contribution in [0.4, 0.5) is 0 Å². The number of esters is 2. The second-order valence-electron chi connectivity index (χ2n) is 4.21. The van der Waals surface area contributed by atoms with E-state index in [2.05, 4.69) is 5.32 Å². The Morgan fingerprint density at radius 1 is 1.05 bits per heavy atom. The van der Waals surface area contributed by atoms with Gasteiger partial charge in [0.25, 0.3) is 0 Å². The largest absolute Gasteiger partial charge is 0.464 e. The van der Waals surface area contributed by atoms with Crippen LogP contribution in [0.25, 0.3) is 0 Å². The van der Waals surface area contributed by atoms with Crippen LogP contribution in [-0.2, 0) is 23.9 Å². The monoisotopic (exact) mass is 289 g/mol. The Hall–Kier alpha value is -1.63. The molecule has 0 unspecified atom stereocenters. The van der Waals surface area contributed by atoms with Crippen LogP contribution in [0.15, 0.2) is 0 Å². The van der Waals surface area contributed by atoms with Gasteiger partial charge in [0.1, 0.15) is 0 Å². The lowest BCUT2D eigenvalue weighted by Gasteiger charge is -2.29. The van der Waals surface area contributed by atoms with Crippen molar-refractivity contribution >= 4 is 17.8 Å². The summed E-state index contributed by atoms with van der Waals surface area (Å²) in [6.07, 6.45) is 0.791. The highest BCUT2D eigenvalue weighted by Crippen LogP contribution is 2.19. The maximum absolute atomic E-state index is 12.1. The van der Waals surface area contributed by atoms with Gasteiger partial charge >= 0.3 is 11.9 Å². The molecule has 0 saturated heterocycles. The lowest BCUT2D eigenvalue weighted by atomic mass is 9.92. The van der Waals surface area contributed by atoms with Gasteiger partial charge in [-0.3, -0.25) is 4.79 Å². The molecule has 0 atom stereocenters.